The second-order valence-electron chi connectivity index (χ2n) is 5.94. The molecule has 0 aromatic rings. The summed E-state index contributed by atoms with van der Waals surface area (Å²) in [5, 5.41) is 11.8. The smallest absolute Gasteiger partial charge is 0.332 e. The van der Waals surface area contributed by atoms with Crippen molar-refractivity contribution in [2.45, 2.75) is 63.8 Å². The van der Waals surface area contributed by atoms with E-state index in [2.05, 4.69) is 24.1 Å². The molecule has 2 aliphatic heterocycles. The van der Waals surface area contributed by atoms with Crippen molar-refractivity contribution in [2.24, 2.45) is 0 Å². The van der Waals surface area contributed by atoms with E-state index in [0.717, 1.165) is 25.9 Å². The maximum absolute atomic E-state index is 12.1. The number of carbonyl (C=O) groups is 2. The van der Waals surface area contributed by atoms with Crippen molar-refractivity contribution in [3.63, 3.8) is 0 Å². The van der Waals surface area contributed by atoms with Gasteiger partial charge in [0.2, 0.25) is 5.91 Å². The van der Waals surface area contributed by atoms with Crippen LogP contribution in [-0.4, -0.2) is 59.3 Å². The Morgan fingerprint density at radius 1 is 1.15 bits per heavy atom. The van der Waals surface area contributed by atoms with Gasteiger partial charge in [-0.05, 0) is 39.5 Å². The number of aliphatic carboxylic acids is 1. The van der Waals surface area contributed by atoms with Gasteiger partial charge in [0, 0.05) is 25.2 Å². The average Bonchev–Trinajstić information content (AvgIpc) is 2.89. The fraction of sp³-hybridized carbons (Fsp3) is 0.857. The lowest BCUT2D eigenvalue weighted by Crippen LogP contribution is -2.49. The Bertz CT molecular complexity index is 364. The minimum Gasteiger partial charge on any atom is -0.479 e. The van der Waals surface area contributed by atoms with Gasteiger partial charge in [0.1, 0.15) is 6.10 Å². The molecule has 0 aromatic carbocycles. The van der Waals surface area contributed by atoms with Crippen molar-refractivity contribution >= 4 is 11.9 Å². The number of piperidine rings is 1. The fourth-order valence-electron chi connectivity index (χ4n) is 2.87. The van der Waals surface area contributed by atoms with Gasteiger partial charge < -0.3 is 20.1 Å². The van der Waals surface area contributed by atoms with Gasteiger partial charge in [-0.25, -0.2) is 4.79 Å². The van der Waals surface area contributed by atoms with Crippen LogP contribution in [0.1, 0.15) is 39.5 Å². The summed E-state index contributed by atoms with van der Waals surface area (Å²) in [5.74, 6) is -1.14. The first kappa shape index (κ1) is 15.3. The van der Waals surface area contributed by atoms with Crippen LogP contribution in [0.2, 0.25) is 0 Å². The standard InChI is InChI=1S/C14H24N2O4/c1-9(2)16-7-5-10(6-8-16)15-13(17)11-3-4-12(20-11)14(18)19/h9-12H,3-8H2,1-2H3,(H,15,17)(H,18,19). The fourth-order valence-corrected chi connectivity index (χ4v) is 2.87. The maximum Gasteiger partial charge on any atom is 0.332 e. The number of hydrogen-bond donors (Lipinski definition) is 2. The Balaban J connectivity index is 1.75. The van der Waals surface area contributed by atoms with E-state index in [1.807, 2.05) is 0 Å². The van der Waals surface area contributed by atoms with E-state index in [9.17, 15) is 9.59 Å². The minimum absolute atomic E-state index is 0.156. The van der Waals surface area contributed by atoms with Crippen LogP contribution in [0.25, 0.3) is 0 Å². The topological polar surface area (TPSA) is 78.9 Å². The first-order valence-corrected chi connectivity index (χ1v) is 7.40. The maximum atomic E-state index is 12.1. The predicted molar refractivity (Wildman–Crippen MR) is 73.4 cm³/mol. The van der Waals surface area contributed by atoms with Crippen molar-refractivity contribution in [3.05, 3.63) is 0 Å². The number of carboxylic acids is 1. The molecule has 2 atom stereocenters. The van der Waals surface area contributed by atoms with Crippen LogP contribution in [0.15, 0.2) is 0 Å². The molecule has 1 amide bonds. The van der Waals surface area contributed by atoms with Crippen molar-refractivity contribution in [1.82, 2.24) is 10.2 Å². The molecule has 0 saturated carbocycles. The molecule has 0 aromatic heterocycles. The first-order chi connectivity index (χ1) is 9.47. The summed E-state index contributed by atoms with van der Waals surface area (Å²) >= 11 is 0. The number of carbonyl (C=O) groups excluding carboxylic acids is 1. The van der Waals surface area contributed by atoms with E-state index in [1.54, 1.807) is 0 Å². The second kappa shape index (κ2) is 6.54. The van der Waals surface area contributed by atoms with Crippen LogP contribution in [0.3, 0.4) is 0 Å². The van der Waals surface area contributed by atoms with E-state index in [4.69, 9.17) is 9.84 Å². The molecule has 0 spiro atoms. The van der Waals surface area contributed by atoms with E-state index in [-0.39, 0.29) is 11.9 Å². The van der Waals surface area contributed by atoms with Crippen molar-refractivity contribution in [3.8, 4) is 0 Å². The van der Waals surface area contributed by atoms with Gasteiger partial charge >= 0.3 is 5.97 Å². The summed E-state index contributed by atoms with van der Waals surface area (Å²) in [6.45, 7) is 6.34. The molecule has 114 valence electrons. The van der Waals surface area contributed by atoms with Crippen LogP contribution in [0.4, 0.5) is 0 Å². The Kier molecular flexibility index (Phi) is 4.99. The average molecular weight is 284 g/mol. The Morgan fingerprint density at radius 3 is 2.25 bits per heavy atom. The molecule has 2 N–H and O–H groups in total. The van der Waals surface area contributed by atoms with Gasteiger partial charge in [-0.15, -0.1) is 0 Å². The van der Waals surface area contributed by atoms with Crippen molar-refractivity contribution < 1.29 is 19.4 Å². The van der Waals surface area contributed by atoms with Crippen molar-refractivity contribution in [2.75, 3.05) is 13.1 Å². The SMILES string of the molecule is CC(C)N1CCC(NC(=O)C2CCC(C(=O)O)O2)CC1. The molecule has 2 heterocycles. The molecule has 0 aliphatic carbocycles. The van der Waals surface area contributed by atoms with Crippen LogP contribution in [0, 0.1) is 0 Å². The number of ether oxygens (including phenoxy) is 1. The molecule has 2 unspecified atom stereocenters. The highest BCUT2D eigenvalue weighted by Gasteiger charge is 2.35. The molecule has 2 aliphatic rings. The quantitative estimate of drug-likeness (QED) is 0.790. The Labute approximate surface area is 119 Å². The number of rotatable bonds is 4. The highest BCUT2D eigenvalue weighted by molar-refractivity contribution is 5.82. The minimum atomic E-state index is -0.981. The highest BCUT2D eigenvalue weighted by Crippen LogP contribution is 2.21. The van der Waals surface area contributed by atoms with E-state index >= 15 is 0 Å². The first-order valence-electron chi connectivity index (χ1n) is 7.40. The zero-order chi connectivity index (χ0) is 14.7. The predicted octanol–water partition coefficient (Wildman–Crippen LogP) is 0.608. The lowest BCUT2D eigenvalue weighted by atomic mass is 10.0. The third kappa shape index (κ3) is 3.70. The van der Waals surface area contributed by atoms with E-state index in [1.165, 1.54) is 0 Å². The molecule has 2 saturated heterocycles. The van der Waals surface area contributed by atoms with Gasteiger partial charge in [0.25, 0.3) is 0 Å². The summed E-state index contributed by atoms with van der Waals surface area (Å²) < 4.78 is 5.26. The van der Waals surface area contributed by atoms with Crippen LogP contribution in [0.5, 0.6) is 0 Å². The normalized spacial score (nSPS) is 28.8. The Hall–Kier alpha value is -1.14. The summed E-state index contributed by atoms with van der Waals surface area (Å²) in [6.07, 6.45) is 1.37. The summed E-state index contributed by atoms with van der Waals surface area (Å²) in [6, 6.07) is 0.728. The largest absolute Gasteiger partial charge is 0.479 e. The third-order valence-electron chi connectivity index (χ3n) is 4.19. The number of amides is 1. The molecule has 0 bridgehead atoms. The lowest BCUT2D eigenvalue weighted by Gasteiger charge is -2.35. The number of likely N-dealkylation sites (tertiary alicyclic amines) is 1. The zero-order valence-corrected chi connectivity index (χ0v) is 12.2. The van der Waals surface area contributed by atoms with Gasteiger partial charge in [-0.2, -0.15) is 0 Å². The van der Waals surface area contributed by atoms with Crippen LogP contribution in [-0.2, 0) is 14.3 Å². The molecule has 20 heavy (non-hydrogen) atoms. The van der Waals surface area contributed by atoms with E-state index in [0.29, 0.717) is 18.9 Å². The lowest BCUT2D eigenvalue weighted by molar-refractivity contribution is -0.152. The van der Waals surface area contributed by atoms with Crippen molar-refractivity contribution in [1.29, 1.82) is 0 Å². The zero-order valence-electron chi connectivity index (χ0n) is 12.2. The van der Waals surface area contributed by atoms with Crippen LogP contribution < -0.4 is 5.32 Å². The number of carboxylic acid groups (broad SMARTS) is 1. The monoisotopic (exact) mass is 284 g/mol. The molecular weight excluding hydrogens is 260 g/mol. The Morgan fingerprint density at radius 2 is 1.75 bits per heavy atom. The molecule has 6 heteroatoms. The number of nitrogens with one attached hydrogen (secondary N) is 1. The number of nitrogens with zero attached hydrogens (tertiary/aromatic N) is 1. The van der Waals surface area contributed by atoms with E-state index < -0.39 is 18.2 Å². The molecule has 0 radical (unpaired) electrons. The van der Waals surface area contributed by atoms with Crippen LogP contribution >= 0.6 is 0 Å². The summed E-state index contributed by atoms with van der Waals surface area (Å²) in [4.78, 5) is 25.2. The molecule has 6 nitrogen and oxygen atoms in total. The summed E-state index contributed by atoms with van der Waals surface area (Å²) in [5.41, 5.74) is 0. The second-order valence-corrected chi connectivity index (χ2v) is 5.94. The van der Waals surface area contributed by atoms with Gasteiger partial charge in [-0.3, -0.25) is 4.79 Å². The van der Waals surface area contributed by atoms with Gasteiger partial charge in [0.05, 0.1) is 0 Å². The number of hydrogen-bond acceptors (Lipinski definition) is 4. The van der Waals surface area contributed by atoms with Gasteiger partial charge in [0.15, 0.2) is 6.10 Å². The van der Waals surface area contributed by atoms with Gasteiger partial charge in [-0.1, -0.05) is 0 Å². The molecular formula is C14H24N2O4. The molecule has 2 fully saturated rings. The highest BCUT2D eigenvalue weighted by atomic mass is 16.5. The third-order valence-corrected chi connectivity index (χ3v) is 4.19. The summed E-state index contributed by atoms with van der Waals surface area (Å²) in [7, 11) is 0. The molecule has 2 rings (SSSR count).